The van der Waals surface area contributed by atoms with E-state index in [1.54, 1.807) is 19.3 Å². The van der Waals surface area contributed by atoms with Crippen LogP contribution >= 0.6 is 0 Å². The van der Waals surface area contributed by atoms with Crippen LogP contribution in [0.5, 0.6) is 0 Å². The molecule has 1 N–H and O–H groups in total. The summed E-state index contributed by atoms with van der Waals surface area (Å²) in [6, 6.07) is 1.74. The molecule has 0 bridgehead atoms. The van der Waals surface area contributed by atoms with Gasteiger partial charge in [0.2, 0.25) is 10.0 Å². The molecule has 0 aliphatic heterocycles. The van der Waals surface area contributed by atoms with Crippen LogP contribution in [0, 0.1) is 0 Å². The highest BCUT2D eigenvalue weighted by Gasteiger charge is 2.22. The molecule has 0 aromatic carbocycles. The van der Waals surface area contributed by atoms with Crippen molar-refractivity contribution in [3.63, 3.8) is 0 Å². The highest BCUT2D eigenvalue weighted by atomic mass is 32.2. The minimum absolute atomic E-state index is 0.374. The zero-order chi connectivity index (χ0) is 14.5. The van der Waals surface area contributed by atoms with E-state index in [4.69, 9.17) is 0 Å². The Kier molecular flexibility index (Phi) is 6.03. The van der Waals surface area contributed by atoms with Crippen LogP contribution in [-0.4, -0.2) is 37.9 Å². The van der Waals surface area contributed by atoms with E-state index in [2.05, 4.69) is 12.2 Å². The molecule has 0 radical (unpaired) electrons. The van der Waals surface area contributed by atoms with Gasteiger partial charge in [0.05, 0.1) is 0 Å². The molecule has 19 heavy (non-hydrogen) atoms. The van der Waals surface area contributed by atoms with Crippen molar-refractivity contribution in [2.24, 2.45) is 7.05 Å². The summed E-state index contributed by atoms with van der Waals surface area (Å²) in [7, 11) is 2.00. The summed E-state index contributed by atoms with van der Waals surface area (Å²) in [5.74, 6) is 0. The smallest absolute Gasteiger partial charge is 0.244 e. The molecule has 0 atom stereocenters. The first kappa shape index (κ1) is 16.2. The van der Waals surface area contributed by atoms with Gasteiger partial charge in [-0.3, -0.25) is 0 Å². The summed E-state index contributed by atoms with van der Waals surface area (Å²) < 4.78 is 28.1. The van der Waals surface area contributed by atoms with Crippen LogP contribution in [0.1, 0.15) is 31.9 Å². The fourth-order valence-corrected chi connectivity index (χ4v) is 3.27. The predicted molar refractivity (Wildman–Crippen MR) is 77.5 cm³/mol. The Bertz CT molecular complexity index is 494. The number of rotatable bonds is 8. The van der Waals surface area contributed by atoms with Gasteiger partial charge in [0.25, 0.3) is 0 Å². The molecule has 0 saturated carbocycles. The van der Waals surface area contributed by atoms with Crippen LogP contribution in [0.3, 0.4) is 0 Å². The molecular formula is C13H25N3O2S. The average Bonchev–Trinajstić information content (AvgIpc) is 2.72. The topological polar surface area (TPSA) is 54.3 Å². The minimum Gasteiger partial charge on any atom is -0.352 e. The zero-order valence-electron chi connectivity index (χ0n) is 12.3. The van der Waals surface area contributed by atoms with Crippen molar-refractivity contribution in [1.82, 2.24) is 14.2 Å². The third kappa shape index (κ3) is 4.06. The van der Waals surface area contributed by atoms with Gasteiger partial charge in [-0.15, -0.1) is 0 Å². The molecular weight excluding hydrogens is 262 g/mol. The van der Waals surface area contributed by atoms with E-state index in [-0.39, 0.29) is 0 Å². The van der Waals surface area contributed by atoms with Gasteiger partial charge in [0, 0.05) is 39.1 Å². The fourth-order valence-electron chi connectivity index (χ4n) is 1.96. The van der Waals surface area contributed by atoms with Gasteiger partial charge in [-0.25, -0.2) is 12.7 Å². The lowest BCUT2D eigenvalue weighted by Gasteiger charge is -2.15. The number of nitrogens with zero attached hydrogens (tertiary/aromatic N) is 2. The van der Waals surface area contributed by atoms with Crippen molar-refractivity contribution in [3.8, 4) is 0 Å². The predicted octanol–water partition coefficient (Wildman–Crippen LogP) is 1.56. The average molecular weight is 287 g/mol. The highest BCUT2D eigenvalue weighted by Crippen LogP contribution is 2.18. The first-order chi connectivity index (χ1) is 8.93. The van der Waals surface area contributed by atoms with E-state index in [0.717, 1.165) is 25.0 Å². The lowest BCUT2D eigenvalue weighted by molar-refractivity contribution is 0.454. The minimum atomic E-state index is -3.35. The van der Waals surface area contributed by atoms with Crippen LogP contribution in [0.25, 0.3) is 0 Å². The largest absolute Gasteiger partial charge is 0.352 e. The van der Waals surface area contributed by atoms with Crippen LogP contribution < -0.4 is 5.32 Å². The van der Waals surface area contributed by atoms with E-state index >= 15 is 0 Å². The normalized spacial score (nSPS) is 12.3. The van der Waals surface area contributed by atoms with Gasteiger partial charge in [0.1, 0.15) is 4.90 Å². The molecule has 0 spiro atoms. The monoisotopic (exact) mass is 287 g/mol. The van der Waals surface area contributed by atoms with Gasteiger partial charge in [-0.05, 0) is 19.5 Å². The van der Waals surface area contributed by atoms with Crippen LogP contribution in [-0.2, 0) is 23.6 Å². The van der Waals surface area contributed by atoms with Gasteiger partial charge >= 0.3 is 0 Å². The molecule has 1 aromatic rings. The second-order valence-electron chi connectivity index (χ2n) is 4.84. The number of hydrogen-bond donors (Lipinski definition) is 1. The number of sulfonamides is 1. The Labute approximate surface area is 116 Å². The zero-order valence-corrected chi connectivity index (χ0v) is 13.1. The molecule has 6 heteroatoms. The fraction of sp³-hybridized carbons (Fsp3) is 0.692. The number of nitrogens with one attached hydrogen (secondary N) is 1. The number of aromatic nitrogens is 1. The van der Waals surface area contributed by atoms with E-state index in [9.17, 15) is 8.42 Å². The van der Waals surface area contributed by atoms with Gasteiger partial charge < -0.3 is 9.88 Å². The van der Waals surface area contributed by atoms with Crippen molar-refractivity contribution in [2.45, 2.75) is 37.6 Å². The Morgan fingerprint density at radius 3 is 2.63 bits per heavy atom. The van der Waals surface area contributed by atoms with Crippen molar-refractivity contribution in [1.29, 1.82) is 0 Å². The Hall–Kier alpha value is -0.850. The van der Waals surface area contributed by atoms with Gasteiger partial charge in [0.15, 0.2) is 0 Å². The van der Waals surface area contributed by atoms with Crippen molar-refractivity contribution in [3.05, 3.63) is 18.0 Å². The summed E-state index contributed by atoms with van der Waals surface area (Å²) in [6.07, 6.45) is 4.73. The van der Waals surface area contributed by atoms with Crippen molar-refractivity contribution >= 4 is 10.0 Å². The lowest BCUT2D eigenvalue weighted by atomic mass is 10.2. The van der Waals surface area contributed by atoms with E-state index in [1.807, 2.05) is 18.7 Å². The molecule has 0 aliphatic carbocycles. The molecule has 0 unspecified atom stereocenters. The van der Waals surface area contributed by atoms with Gasteiger partial charge in [-0.2, -0.15) is 0 Å². The summed E-state index contributed by atoms with van der Waals surface area (Å²) in [5, 5.41) is 3.03. The van der Waals surface area contributed by atoms with Crippen LogP contribution in [0.15, 0.2) is 17.2 Å². The molecule has 0 saturated heterocycles. The van der Waals surface area contributed by atoms with Gasteiger partial charge in [-0.1, -0.05) is 19.8 Å². The first-order valence-corrected chi connectivity index (χ1v) is 8.13. The van der Waals surface area contributed by atoms with Crippen LogP contribution in [0.2, 0.25) is 0 Å². The molecule has 0 amide bonds. The summed E-state index contributed by atoms with van der Waals surface area (Å²) >= 11 is 0. The molecule has 1 heterocycles. The molecule has 110 valence electrons. The van der Waals surface area contributed by atoms with Crippen molar-refractivity contribution < 1.29 is 8.42 Å². The van der Waals surface area contributed by atoms with E-state index in [0.29, 0.717) is 18.0 Å². The molecule has 0 fully saturated rings. The third-order valence-electron chi connectivity index (χ3n) is 3.23. The Balaban J connectivity index is 2.84. The quantitative estimate of drug-likeness (QED) is 0.738. The Morgan fingerprint density at radius 2 is 2.05 bits per heavy atom. The maximum atomic E-state index is 12.4. The third-order valence-corrected chi connectivity index (χ3v) is 5.05. The summed E-state index contributed by atoms with van der Waals surface area (Å²) in [6.45, 7) is 3.34. The Morgan fingerprint density at radius 1 is 1.37 bits per heavy atom. The number of hydrogen-bond acceptors (Lipinski definition) is 3. The highest BCUT2D eigenvalue weighted by molar-refractivity contribution is 7.89. The molecule has 1 rings (SSSR count). The molecule has 1 aromatic heterocycles. The lowest BCUT2D eigenvalue weighted by Crippen LogP contribution is -2.27. The second kappa shape index (κ2) is 7.07. The SMILES string of the molecule is CCCCCN(C)S(=O)(=O)c1cc(CNC)n(C)c1. The standard InChI is InChI=1S/C13H25N3O2S/c1-5-6-7-8-16(4)19(17,18)13-9-12(10-14-2)15(3)11-13/h9,11,14H,5-8,10H2,1-4H3. The summed E-state index contributed by atoms with van der Waals surface area (Å²) in [4.78, 5) is 0.374. The molecule has 5 nitrogen and oxygen atoms in total. The number of aryl methyl sites for hydroxylation is 1. The molecule has 0 aliphatic rings. The number of unbranched alkanes of at least 4 members (excludes halogenated alkanes) is 2. The van der Waals surface area contributed by atoms with Crippen molar-refractivity contribution in [2.75, 3.05) is 20.6 Å². The first-order valence-electron chi connectivity index (χ1n) is 6.69. The second-order valence-corrected chi connectivity index (χ2v) is 6.89. The maximum Gasteiger partial charge on any atom is 0.244 e. The van der Waals surface area contributed by atoms with E-state index in [1.165, 1.54) is 4.31 Å². The maximum absolute atomic E-state index is 12.4. The summed E-state index contributed by atoms with van der Waals surface area (Å²) in [5.41, 5.74) is 0.961. The van der Waals surface area contributed by atoms with E-state index < -0.39 is 10.0 Å². The van der Waals surface area contributed by atoms with Crippen LogP contribution in [0.4, 0.5) is 0 Å².